The maximum absolute atomic E-state index is 13.2. The van der Waals surface area contributed by atoms with Crippen LogP contribution in [0, 0.1) is 5.92 Å². The molecule has 1 amide bonds. The normalized spacial score (nSPS) is 11.0. The lowest BCUT2D eigenvalue weighted by Gasteiger charge is -2.22. The molecule has 3 rings (SSSR count). The minimum absolute atomic E-state index is 0.154. The van der Waals surface area contributed by atoms with E-state index < -0.39 is 0 Å². The van der Waals surface area contributed by atoms with Crippen LogP contribution in [0.2, 0.25) is 5.02 Å². The molecule has 0 radical (unpaired) electrons. The Morgan fingerprint density at radius 3 is 2.68 bits per heavy atom. The molecule has 164 valence electrons. The Balaban J connectivity index is 1.88. The van der Waals surface area contributed by atoms with Crippen molar-refractivity contribution in [3.8, 4) is 11.5 Å². The summed E-state index contributed by atoms with van der Waals surface area (Å²) >= 11 is 6.40. The smallest absolute Gasteiger partial charge is 0.258 e. The highest BCUT2D eigenvalue weighted by molar-refractivity contribution is 6.32. The molecule has 0 atom stereocenters. The summed E-state index contributed by atoms with van der Waals surface area (Å²) in [4.78, 5) is 34.3. The lowest BCUT2D eigenvalue weighted by Crippen LogP contribution is -2.32. The van der Waals surface area contributed by atoms with Gasteiger partial charge in [-0.3, -0.25) is 9.59 Å². The third kappa shape index (κ3) is 5.17. The van der Waals surface area contributed by atoms with Crippen LogP contribution in [-0.4, -0.2) is 41.0 Å². The number of para-hydroxylation sites is 1. The number of H-pyrrole nitrogens is 1. The van der Waals surface area contributed by atoms with Gasteiger partial charge in [0.2, 0.25) is 0 Å². The van der Waals surface area contributed by atoms with E-state index in [2.05, 4.69) is 9.97 Å². The molecule has 0 bridgehead atoms. The number of benzene rings is 2. The van der Waals surface area contributed by atoms with E-state index >= 15 is 0 Å². The summed E-state index contributed by atoms with van der Waals surface area (Å²) in [5, 5.41) is 0.811. The number of carbonyl (C=O) groups is 1. The van der Waals surface area contributed by atoms with Crippen molar-refractivity contribution in [2.75, 3.05) is 20.3 Å². The maximum atomic E-state index is 13.2. The third-order valence-corrected chi connectivity index (χ3v) is 4.99. The van der Waals surface area contributed by atoms with Gasteiger partial charge in [0.15, 0.2) is 11.5 Å². The van der Waals surface area contributed by atoms with E-state index in [1.807, 2.05) is 26.8 Å². The fourth-order valence-electron chi connectivity index (χ4n) is 3.13. The number of amides is 1. The second kappa shape index (κ2) is 9.83. The summed E-state index contributed by atoms with van der Waals surface area (Å²) in [5.74, 6) is 1.28. The monoisotopic (exact) mass is 443 g/mol. The van der Waals surface area contributed by atoms with Gasteiger partial charge in [-0.05, 0) is 37.1 Å². The van der Waals surface area contributed by atoms with Crippen molar-refractivity contribution in [2.45, 2.75) is 27.3 Å². The molecule has 0 saturated carbocycles. The summed E-state index contributed by atoms with van der Waals surface area (Å²) in [7, 11) is 1.50. The summed E-state index contributed by atoms with van der Waals surface area (Å²) in [6.07, 6.45) is 0. The molecule has 0 aliphatic rings. The molecule has 2 aromatic carbocycles. The highest BCUT2D eigenvalue weighted by Gasteiger charge is 2.21. The van der Waals surface area contributed by atoms with Gasteiger partial charge >= 0.3 is 0 Å². The quantitative estimate of drug-likeness (QED) is 0.561. The highest BCUT2D eigenvalue weighted by Crippen LogP contribution is 2.37. The number of hydrogen-bond acceptors (Lipinski definition) is 5. The highest BCUT2D eigenvalue weighted by atomic mass is 35.5. The van der Waals surface area contributed by atoms with Crippen molar-refractivity contribution in [1.82, 2.24) is 14.9 Å². The van der Waals surface area contributed by atoms with Crippen LogP contribution in [0.25, 0.3) is 10.9 Å². The number of ether oxygens (including phenoxy) is 2. The summed E-state index contributed by atoms with van der Waals surface area (Å²) in [6, 6.07) is 10.3. The van der Waals surface area contributed by atoms with Gasteiger partial charge in [0.25, 0.3) is 11.5 Å². The van der Waals surface area contributed by atoms with Gasteiger partial charge in [0.05, 0.1) is 36.2 Å². The Hall–Kier alpha value is -3.06. The molecule has 0 aliphatic heterocycles. The molecule has 1 heterocycles. The van der Waals surface area contributed by atoms with Crippen LogP contribution >= 0.6 is 11.6 Å². The lowest BCUT2D eigenvalue weighted by atomic mass is 10.1. The Labute approximate surface area is 186 Å². The minimum atomic E-state index is -0.256. The van der Waals surface area contributed by atoms with Gasteiger partial charge in [0.1, 0.15) is 5.82 Å². The third-order valence-electron chi connectivity index (χ3n) is 4.71. The molecular formula is C23H26ClN3O4. The first-order valence-electron chi connectivity index (χ1n) is 10.1. The van der Waals surface area contributed by atoms with E-state index in [1.165, 1.54) is 7.11 Å². The van der Waals surface area contributed by atoms with Crippen molar-refractivity contribution in [3.05, 3.63) is 63.2 Å². The molecular weight excluding hydrogens is 418 g/mol. The molecule has 1 aromatic heterocycles. The van der Waals surface area contributed by atoms with Crippen LogP contribution in [0.15, 0.2) is 41.2 Å². The fourth-order valence-corrected chi connectivity index (χ4v) is 3.40. The van der Waals surface area contributed by atoms with Crippen LogP contribution in [0.3, 0.4) is 0 Å². The number of rotatable bonds is 8. The number of fused-ring (bicyclic) bond motifs is 1. The number of halogens is 1. The first-order valence-corrected chi connectivity index (χ1v) is 10.5. The molecule has 0 fully saturated rings. The molecule has 0 unspecified atom stereocenters. The van der Waals surface area contributed by atoms with E-state index in [1.54, 1.807) is 35.2 Å². The molecule has 0 saturated heterocycles. The number of nitrogens with zero attached hydrogens (tertiary/aromatic N) is 2. The molecule has 1 N–H and O–H groups in total. The second-order valence-electron chi connectivity index (χ2n) is 7.54. The first-order chi connectivity index (χ1) is 14.8. The van der Waals surface area contributed by atoms with Crippen LogP contribution in [-0.2, 0) is 6.54 Å². The van der Waals surface area contributed by atoms with Crippen molar-refractivity contribution >= 4 is 28.4 Å². The predicted octanol–water partition coefficient (Wildman–Crippen LogP) is 4.28. The standard InChI is InChI=1S/C23H26ClN3O4/c1-5-27(12-20-25-18-9-7-6-8-16(18)22(28)26-20)23(29)15-10-17(24)21(19(11-15)30-4)31-13-14(2)3/h6-11,14H,5,12-13H2,1-4H3,(H,25,26,28). The number of nitrogens with one attached hydrogen (secondary N) is 1. The zero-order valence-corrected chi connectivity index (χ0v) is 18.8. The Kier molecular flexibility index (Phi) is 7.17. The van der Waals surface area contributed by atoms with Gasteiger partial charge < -0.3 is 19.4 Å². The zero-order chi connectivity index (χ0) is 22.5. The topological polar surface area (TPSA) is 84.5 Å². The fraction of sp³-hybridized carbons (Fsp3) is 0.348. The SMILES string of the molecule is CCN(Cc1nc2ccccc2c(=O)[nH]1)C(=O)c1cc(Cl)c(OCC(C)C)c(OC)c1. The van der Waals surface area contributed by atoms with Crippen molar-refractivity contribution in [1.29, 1.82) is 0 Å². The van der Waals surface area contributed by atoms with Crippen LogP contribution in [0.1, 0.15) is 37.0 Å². The van der Waals surface area contributed by atoms with Crippen LogP contribution in [0.5, 0.6) is 11.5 Å². The van der Waals surface area contributed by atoms with Crippen molar-refractivity contribution in [2.24, 2.45) is 5.92 Å². The maximum Gasteiger partial charge on any atom is 0.258 e. The van der Waals surface area contributed by atoms with Gasteiger partial charge in [-0.15, -0.1) is 0 Å². The Morgan fingerprint density at radius 2 is 2.00 bits per heavy atom. The van der Waals surface area contributed by atoms with Crippen LogP contribution < -0.4 is 15.0 Å². The summed E-state index contributed by atoms with van der Waals surface area (Å²) in [5.41, 5.74) is 0.713. The van der Waals surface area contributed by atoms with Gasteiger partial charge in [-0.1, -0.05) is 37.6 Å². The van der Waals surface area contributed by atoms with Crippen molar-refractivity contribution < 1.29 is 14.3 Å². The average Bonchev–Trinajstić information content (AvgIpc) is 2.75. The van der Waals surface area contributed by atoms with Gasteiger partial charge in [-0.25, -0.2) is 4.98 Å². The summed E-state index contributed by atoms with van der Waals surface area (Å²) in [6.45, 7) is 6.97. The molecule has 0 aliphatic carbocycles. The number of methoxy groups -OCH3 is 1. The molecule has 7 nitrogen and oxygen atoms in total. The van der Waals surface area contributed by atoms with Crippen molar-refractivity contribution in [3.63, 3.8) is 0 Å². The Morgan fingerprint density at radius 1 is 1.26 bits per heavy atom. The van der Waals surface area contributed by atoms with Gasteiger partial charge in [-0.2, -0.15) is 0 Å². The zero-order valence-electron chi connectivity index (χ0n) is 18.1. The predicted molar refractivity (Wildman–Crippen MR) is 121 cm³/mol. The Bertz CT molecular complexity index is 1140. The molecule has 3 aromatic rings. The minimum Gasteiger partial charge on any atom is -0.493 e. The first kappa shape index (κ1) is 22.6. The van der Waals surface area contributed by atoms with E-state index in [-0.39, 0.29) is 18.0 Å². The number of hydrogen-bond donors (Lipinski definition) is 1. The number of aromatic nitrogens is 2. The summed E-state index contributed by atoms with van der Waals surface area (Å²) < 4.78 is 11.2. The van der Waals surface area contributed by atoms with E-state index in [0.29, 0.717) is 57.9 Å². The molecule has 8 heteroatoms. The second-order valence-corrected chi connectivity index (χ2v) is 7.95. The largest absolute Gasteiger partial charge is 0.493 e. The number of carbonyl (C=O) groups excluding carboxylic acids is 1. The van der Waals surface area contributed by atoms with Crippen LogP contribution in [0.4, 0.5) is 0 Å². The average molecular weight is 444 g/mol. The lowest BCUT2D eigenvalue weighted by molar-refractivity contribution is 0.0748. The molecule has 0 spiro atoms. The van der Waals surface area contributed by atoms with E-state index in [9.17, 15) is 9.59 Å². The van der Waals surface area contributed by atoms with E-state index in [0.717, 1.165) is 0 Å². The molecule has 31 heavy (non-hydrogen) atoms. The number of aromatic amines is 1. The van der Waals surface area contributed by atoms with Gasteiger partial charge in [0, 0.05) is 12.1 Å². The van der Waals surface area contributed by atoms with E-state index in [4.69, 9.17) is 21.1 Å².